The number of carbonyl (C=O) groups is 2. The van der Waals surface area contributed by atoms with Crippen LogP contribution in [0.4, 0.5) is 0 Å². The van der Waals surface area contributed by atoms with Crippen molar-refractivity contribution in [2.45, 2.75) is 302 Å². The number of carbonyl (C=O) groups excluding carboxylic acids is 1. The van der Waals surface area contributed by atoms with E-state index in [1.165, 1.54) is 199 Å². The first kappa shape index (κ1) is 55.4. The molecule has 0 aliphatic heterocycles. The van der Waals surface area contributed by atoms with Crippen LogP contribution in [0, 0.1) is 0 Å². The molecule has 0 rings (SSSR count). The number of aliphatic carboxylic acids is 1. The molecule has 0 amide bonds. The van der Waals surface area contributed by atoms with Gasteiger partial charge in [-0.3, -0.25) is 9.59 Å². The molecule has 0 aliphatic carbocycles. The van der Waals surface area contributed by atoms with Crippen LogP contribution in [0.5, 0.6) is 0 Å². The van der Waals surface area contributed by atoms with Gasteiger partial charge < -0.3 is 9.84 Å². The second kappa shape index (κ2) is 48.8. The number of hydrogen-bond acceptors (Lipinski definition) is 3. The van der Waals surface area contributed by atoms with Gasteiger partial charge in [0, 0.05) is 12.8 Å². The molecule has 1 N–H and O–H groups in total. The molecule has 0 fully saturated rings. The molecule has 0 saturated heterocycles. The van der Waals surface area contributed by atoms with Crippen molar-refractivity contribution in [1.29, 1.82) is 0 Å². The Labute approximate surface area is 357 Å². The fourth-order valence-electron chi connectivity index (χ4n) is 8.10. The molecular weight excluding hydrogens is 701 g/mol. The van der Waals surface area contributed by atoms with E-state index >= 15 is 0 Å². The number of rotatable bonds is 48. The van der Waals surface area contributed by atoms with Crippen molar-refractivity contribution in [3.63, 3.8) is 0 Å². The van der Waals surface area contributed by atoms with E-state index in [1.54, 1.807) is 0 Å². The molecule has 0 aliphatic rings. The number of carboxylic acids is 1. The molecule has 4 nitrogen and oxygen atoms in total. The summed E-state index contributed by atoms with van der Waals surface area (Å²) in [6.45, 7) is 4.57. The second-order valence-electron chi connectivity index (χ2n) is 17.7. The van der Waals surface area contributed by atoms with E-state index in [0.717, 1.165) is 70.6 Å². The van der Waals surface area contributed by atoms with Crippen molar-refractivity contribution >= 4 is 11.9 Å². The van der Waals surface area contributed by atoms with Crippen LogP contribution in [0.2, 0.25) is 0 Å². The van der Waals surface area contributed by atoms with Gasteiger partial charge in [-0.1, -0.05) is 237 Å². The second-order valence-corrected chi connectivity index (χ2v) is 17.7. The number of carboxylic acid groups (broad SMARTS) is 1. The van der Waals surface area contributed by atoms with E-state index in [9.17, 15) is 9.59 Å². The highest BCUT2D eigenvalue weighted by Gasteiger charge is 2.14. The molecule has 1 unspecified atom stereocenters. The molecule has 4 heteroatoms. The zero-order chi connectivity index (χ0) is 41.4. The SMILES string of the molecule is CCCCCCC/C=C\C/C=C\CCCCCCCCCCCCCC(=O)OC(CCCCCCCCCCCCCCCCCC)CCCCCCCC(=O)O. The summed E-state index contributed by atoms with van der Waals surface area (Å²) in [6.07, 6.45) is 63.8. The van der Waals surface area contributed by atoms with E-state index in [1.807, 2.05) is 0 Å². The molecule has 0 spiro atoms. The number of allylic oxidation sites excluding steroid dienone is 4. The quantitative estimate of drug-likeness (QED) is 0.0378. The lowest BCUT2D eigenvalue weighted by molar-refractivity contribution is -0.150. The standard InChI is InChI=1S/C53H100O4/c1-3-5-7-9-11-13-15-17-19-21-22-23-24-25-26-27-29-31-33-35-37-42-46-50-53(56)57-51(48-44-40-38-41-45-49-52(54)55)47-43-39-36-34-32-30-28-20-18-16-14-12-10-8-6-4-2/h15,17,21-22,51H,3-14,16,18-20,23-50H2,1-2H3,(H,54,55)/b17-15-,22-21-. The highest BCUT2D eigenvalue weighted by Crippen LogP contribution is 2.20. The minimum absolute atomic E-state index is 0.00813. The van der Waals surface area contributed by atoms with Crippen LogP contribution in [0.3, 0.4) is 0 Å². The first-order chi connectivity index (χ1) is 28.1. The predicted molar refractivity (Wildman–Crippen MR) is 250 cm³/mol. The molecule has 0 saturated carbocycles. The van der Waals surface area contributed by atoms with Gasteiger partial charge in [-0.25, -0.2) is 0 Å². The highest BCUT2D eigenvalue weighted by atomic mass is 16.5. The Morgan fingerprint density at radius 2 is 0.684 bits per heavy atom. The maximum atomic E-state index is 12.8. The van der Waals surface area contributed by atoms with Crippen molar-refractivity contribution in [1.82, 2.24) is 0 Å². The fraction of sp³-hybridized carbons (Fsp3) is 0.887. The highest BCUT2D eigenvalue weighted by molar-refractivity contribution is 5.69. The van der Waals surface area contributed by atoms with Crippen molar-refractivity contribution < 1.29 is 19.4 Å². The van der Waals surface area contributed by atoms with Crippen molar-refractivity contribution in [3.05, 3.63) is 24.3 Å². The number of hydrogen-bond donors (Lipinski definition) is 1. The maximum absolute atomic E-state index is 12.8. The maximum Gasteiger partial charge on any atom is 0.306 e. The molecule has 0 aromatic carbocycles. The van der Waals surface area contributed by atoms with Crippen LogP contribution in [-0.2, 0) is 14.3 Å². The summed E-state index contributed by atoms with van der Waals surface area (Å²) in [4.78, 5) is 23.6. The van der Waals surface area contributed by atoms with Crippen LogP contribution in [-0.4, -0.2) is 23.1 Å². The molecule has 0 aromatic heterocycles. The Balaban J connectivity index is 3.90. The summed E-state index contributed by atoms with van der Waals surface area (Å²) in [6, 6.07) is 0. The Hall–Kier alpha value is -1.58. The molecule has 0 heterocycles. The monoisotopic (exact) mass is 801 g/mol. The smallest absolute Gasteiger partial charge is 0.306 e. The van der Waals surface area contributed by atoms with Gasteiger partial charge in [0.1, 0.15) is 6.10 Å². The van der Waals surface area contributed by atoms with Crippen LogP contribution in [0.15, 0.2) is 24.3 Å². The van der Waals surface area contributed by atoms with Gasteiger partial charge in [0.25, 0.3) is 0 Å². The zero-order valence-corrected chi connectivity index (χ0v) is 38.7. The summed E-state index contributed by atoms with van der Waals surface area (Å²) in [5.41, 5.74) is 0. The first-order valence-corrected chi connectivity index (χ1v) is 25.8. The minimum atomic E-state index is -0.696. The normalized spacial score (nSPS) is 12.3. The van der Waals surface area contributed by atoms with Gasteiger partial charge in [-0.2, -0.15) is 0 Å². The van der Waals surface area contributed by atoms with Gasteiger partial charge in [0.05, 0.1) is 0 Å². The summed E-state index contributed by atoms with van der Waals surface area (Å²) in [5.74, 6) is -0.688. The van der Waals surface area contributed by atoms with E-state index in [0.29, 0.717) is 6.42 Å². The van der Waals surface area contributed by atoms with Crippen LogP contribution in [0.25, 0.3) is 0 Å². The van der Waals surface area contributed by atoms with Crippen LogP contribution in [0.1, 0.15) is 296 Å². The predicted octanol–water partition coefficient (Wildman–Crippen LogP) is 18.3. The van der Waals surface area contributed by atoms with Crippen LogP contribution >= 0.6 is 0 Å². The summed E-state index contributed by atoms with van der Waals surface area (Å²) in [5, 5.41) is 8.87. The molecule has 336 valence electrons. The van der Waals surface area contributed by atoms with Crippen molar-refractivity contribution in [2.24, 2.45) is 0 Å². The summed E-state index contributed by atoms with van der Waals surface area (Å²) in [7, 11) is 0. The van der Waals surface area contributed by atoms with Gasteiger partial charge in [-0.15, -0.1) is 0 Å². The zero-order valence-electron chi connectivity index (χ0n) is 38.7. The van der Waals surface area contributed by atoms with Crippen molar-refractivity contribution in [2.75, 3.05) is 0 Å². The van der Waals surface area contributed by atoms with Gasteiger partial charge in [-0.05, 0) is 70.6 Å². The number of esters is 1. The van der Waals surface area contributed by atoms with E-state index in [2.05, 4.69) is 38.2 Å². The summed E-state index contributed by atoms with van der Waals surface area (Å²) < 4.78 is 6.06. The first-order valence-electron chi connectivity index (χ1n) is 25.8. The lowest BCUT2D eigenvalue weighted by Gasteiger charge is -2.18. The van der Waals surface area contributed by atoms with Gasteiger partial charge in [0.2, 0.25) is 0 Å². The lowest BCUT2D eigenvalue weighted by Crippen LogP contribution is -2.18. The minimum Gasteiger partial charge on any atom is -0.481 e. The average Bonchev–Trinajstić information content (AvgIpc) is 3.20. The van der Waals surface area contributed by atoms with Gasteiger partial charge >= 0.3 is 11.9 Å². The molecule has 0 radical (unpaired) electrons. The Morgan fingerprint density at radius 1 is 0.386 bits per heavy atom. The average molecular weight is 801 g/mol. The topological polar surface area (TPSA) is 63.6 Å². The van der Waals surface area contributed by atoms with E-state index < -0.39 is 5.97 Å². The molecule has 1 atom stereocenters. The van der Waals surface area contributed by atoms with E-state index in [-0.39, 0.29) is 18.5 Å². The molecule has 57 heavy (non-hydrogen) atoms. The molecule has 0 bridgehead atoms. The molecular formula is C53H100O4. The summed E-state index contributed by atoms with van der Waals surface area (Å²) >= 11 is 0. The number of unbranched alkanes of at least 4 members (excludes halogenated alkanes) is 35. The number of ether oxygens (including phenoxy) is 1. The Kier molecular flexibility index (Phi) is 47.4. The lowest BCUT2D eigenvalue weighted by atomic mass is 10.0. The van der Waals surface area contributed by atoms with Crippen molar-refractivity contribution in [3.8, 4) is 0 Å². The fourth-order valence-corrected chi connectivity index (χ4v) is 8.10. The van der Waals surface area contributed by atoms with Gasteiger partial charge in [0.15, 0.2) is 0 Å². The third kappa shape index (κ3) is 48.7. The molecule has 0 aromatic rings. The Bertz CT molecular complexity index is 863. The van der Waals surface area contributed by atoms with E-state index in [4.69, 9.17) is 9.84 Å². The third-order valence-electron chi connectivity index (χ3n) is 11.9. The third-order valence-corrected chi connectivity index (χ3v) is 11.9. The Morgan fingerprint density at radius 3 is 1.04 bits per heavy atom. The largest absolute Gasteiger partial charge is 0.481 e. The van der Waals surface area contributed by atoms with Crippen LogP contribution < -0.4 is 0 Å².